The molecule has 0 aromatic heterocycles. The third-order valence-electron chi connectivity index (χ3n) is 10.8. The van der Waals surface area contributed by atoms with Crippen molar-refractivity contribution < 1.29 is 71.4 Å². The Hall–Kier alpha value is -2.78. The third kappa shape index (κ3) is 52.1. The van der Waals surface area contributed by atoms with E-state index in [9.17, 15) is 43.8 Å². The Labute approximate surface area is 434 Å². The lowest BCUT2D eigenvalue weighted by Crippen LogP contribution is -2.25. The molecular formula is C55H96O15P2. The van der Waals surface area contributed by atoms with Gasteiger partial charge < -0.3 is 34.6 Å². The first-order chi connectivity index (χ1) is 34.8. The quantitative estimate of drug-likeness (QED) is 0.0165. The number of allylic oxidation sites excluding steroid dienone is 14. The fraction of sp³-hybridized carbons (Fsp3) is 0.709. The maximum Gasteiger partial charge on any atom is 0.472 e. The lowest BCUT2D eigenvalue weighted by atomic mass is 10.1. The van der Waals surface area contributed by atoms with Crippen LogP contribution in [0.5, 0.6) is 0 Å². The number of carbonyl (C=O) groups excluding carboxylic acids is 2. The molecular weight excluding hydrogens is 963 g/mol. The smallest absolute Gasteiger partial charge is 0.463 e. The van der Waals surface area contributed by atoms with Crippen LogP contribution in [0, 0.1) is 0 Å². The molecule has 0 bridgehead atoms. The fourth-order valence-corrected chi connectivity index (χ4v) is 8.27. The SMILES string of the molecule is CC/C=C\C/C=C\C/C=C\C/C=C\C/C=C\C/C=C\CCCCC(=O)OCC(O)COP(=O)(O)OCC(O)COP(=O)(O)OCC(O)COC(=O)CCCCCCCCCCC/C=C/CCCCCCCC. The summed E-state index contributed by atoms with van der Waals surface area (Å²) < 4.78 is 53.1. The minimum Gasteiger partial charge on any atom is -0.463 e. The number of hydrogen-bond acceptors (Lipinski definition) is 13. The molecule has 5 atom stereocenters. The minimum absolute atomic E-state index is 0.137. The van der Waals surface area contributed by atoms with Crippen molar-refractivity contribution in [3.05, 3.63) is 85.1 Å². The largest absolute Gasteiger partial charge is 0.472 e. The molecule has 416 valence electrons. The highest BCUT2D eigenvalue weighted by Crippen LogP contribution is 2.45. The van der Waals surface area contributed by atoms with Crippen LogP contribution in [0.3, 0.4) is 0 Å². The molecule has 0 aliphatic heterocycles. The lowest BCUT2D eigenvalue weighted by molar-refractivity contribution is -0.148. The number of rotatable bonds is 51. The number of phosphoric acid groups is 2. The van der Waals surface area contributed by atoms with Gasteiger partial charge in [0.1, 0.15) is 31.5 Å². The van der Waals surface area contributed by atoms with Crippen molar-refractivity contribution in [2.24, 2.45) is 0 Å². The number of ether oxygens (including phenoxy) is 2. The second kappa shape index (κ2) is 50.4. The summed E-state index contributed by atoms with van der Waals surface area (Å²) in [7, 11) is -9.60. The summed E-state index contributed by atoms with van der Waals surface area (Å²) in [5.74, 6) is -1.04. The molecule has 5 N–H and O–H groups in total. The Morgan fingerprint density at radius 1 is 0.375 bits per heavy atom. The summed E-state index contributed by atoms with van der Waals surface area (Å²) in [4.78, 5) is 43.9. The van der Waals surface area contributed by atoms with E-state index >= 15 is 0 Å². The van der Waals surface area contributed by atoms with Gasteiger partial charge in [0.2, 0.25) is 0 Å². The average molecular weight is 1060 g/mol. The zero-order valence-electron chi connectivity index (χ0n) is 44.1. The Morgan fingerprint density at radius 2 is 0.639 bits per heavy atom. The van der Waals surface area contributed by atoms with Crippen molar-refractivity contribution in [1.82, 2.24) is 0 Å². The topological polar surface area (TPSA) is 225 Å². The van der Waals surface area contributed by atoms with E-state index in [0.29, 0.717) is 12.8 Å². The van der Waals surface area contributed by atoms with E-state index in [2.05, 4.69) is 112 Å². The van der Waals surface area contributed by atoms with Crippen LogP contribution in [0.25, 0.3) is 0 Å². The number of carbonyl (C=O) groups is 2. The van der Waals surface area contributed by atoms with Crippen LogP contribution in [0.2, 0.25) is 0 Å². The van der Waals surface area contributed by atoms with Crippen molar-refractivity contribution in [3.8, 4) is 0 Å². The number of hydrogen-bond donors (Lipinski definition) is 5. The second-order valence-electron chi connectivity index (χ2n) is 17.9. The van der Waals surface area contributed by atoms with E-state index in [-0.39, 0.29) is 12.8 Å². The highest BCUT2D eigenvalue weighted by Gasteiger charge is 2.28. The lowest BCUT2D eigenvalue weighted by Gasteiger charge is -2.19. The molecule has 0 rings (SSSR count). The molecule has 0 fully saturated rings. The third-order valence-corrected chi connectivity index (χ3v) is 12.7. The number of aliphatic hydroxyl groups excluding tert-OH is 3. The van der Waals surface area contributed by atoms with Gasteiger partial charge in [-0.15, -0.1) is 0 Å². The van der Waals surface area contributed by atoms with Gasteiger partial charge in [-0.05, 0) is 89.9 Å². The second-order valence-corrected chi connectivity index (χ2v) is 20.8. The Morgan fingerprint density at radius 3 is 1.00 bits per heavy atom. The van der Waals surface area contributed by atoms with Crippen molar-refractivity contribution in [3.63, 3.8) is 0 Å². The van der Waals surface area contributed by atoms with E-state index in [0.717, 1.165) is 70.6 Å². The van der Waals surface area contributed by atoms with Crippen molar-refractivity contribution >= 4 is 27.6 Å². The molecule has 0 amide bonds. The molecule has 0 aromatic rings. The van der Waals surface area contributed by atoms with Crippen LogP contribution in [-0.2, 0) is 46.3 Å². The van der Waals surface area contributed by atoms with Crippen LogP contribution in [0.4, 0.5) is 0 Å². The first-order valence-electron chi connectivity index (χ1n) is 26.9. The molecule has 0 aromatic carbocycles. The van der Waals surface area contributed by atoms with E-state index in [1.165, 1.54) is 83.5 Å². The first kappa shape index (κ1) is 69.2. The van der Waals surface area contributed by atoms with Gasteiger partial charge in [-0.3, -0.25) is 27.7 Å². The number of aliphatic hydroxyl groups is 3. The van der Waals surface area contributed by atoms with Crippen molar-refractivity contribution in [1.29, 1.82) is 0 Å². The summed E-state index contributed by atoms with van der Waals surface area (Å²) >= 11 is 0. The average Bonchev–Trinajstić information content (AvgIpc) is 3.36. The zero-order chi connectivity index (χ0) is 53.1. The molecule has 0 saturated heterocycles. The van der Waals surface area contributed by atoms with Crippen LogP contribution in [-0.4, -0.2) is 95.0 Å². The number of unbranched alkanes of at least 4 members (excludes halogenated alkanes) is 17. The van der Waals surface area contributed by atoms with Gasteiger partial charge in [-0.2, -0.15) is 0 Å². The molecule has 5 unspecified atom stereocenters. The predicted molar refractivity (Wildman–Crippen MR) is 288 cm³/mol. The Balaban J connectivity index is 3.90. The van der Waals surface area contributed by atoms with E-state index < -0.39 is 85.5 Å². The highest BCUT2D eigenvalue weighted by molar-refractivity contribution is 7.47. The monoisotopic (exact) mass is 1060 g/mol. The number of phosphoric ester groups is 2. The molecule has 17 heteroatoms. The molecule has 0 aliphatic carbocycles. The van der Waals surface area contributed by atoms with Gasteiger partial charge in [-0.1, -0.05) is 176 Å². The standard InChI is InChI=1S/C55H96O15P2/c1-3-5-7-9-11-13-15-17-19-21-23-24-26-28-30-32-34-36-38-40-42-44-55(60)66-46-52(57)48-68-72(63,64)70-50-53(58)49-69-71(61,62)67-47-51(56)45-65-54(59)43-41-39-37-35-33-31-29-27-25-22-20-18-16-14-12-10-8-6-4-2/h5,7,11,13,17-20,23-24,28,30,34,36,51-53,56-58H,3-4,6,8-10,12,14-16,21-22,25-27,29,31-33,35,37-50H2,1-2H3,(H,61,62)(H,63,64)/b7-5-,13-11-,19-17-,20-18+,24-23-,30-28-,36-34-. The number of esters is 2. The minimum atomic E-state index is -4.80. The van der Waals surface area contributed by atoms with E-state index in [4.69, 9.17) is 14.0 Å². The molecule has 0 heterocycles. The van der Waals surface area contributed by atoms with E-state index in [1.54, 1.807) is 0 Å². The highest BCUT2D eigenvalue weighted by atomic mass is 31.2. The fourth-order valence-electron chi connectivity index (χ4n) is 6.68. The van der Waals surface area contributed by atoms with Gasteiger partial charge in [0.25, 0.3) is 0 Å². The van der Waals surface area contributed by atoms with Crippen molar-refractivity contribution in [2.75, 3.05) is 39.6 Å². The van der Waals surface area contributed by atoms with Crippen LogP contribution in [0.1, 0.15) is 194 Å². The summed E-state index contributed by atoms with van der Waals surface area (Å²) in [6, 6.07) is 0. The molecule has 15 nitrogen and oxygen atoms in total. The summed E-state index contributed by atoms with van der Waals surface area (Å²) in [5.41, 5.74) is 0. The Kier molecular flexibility index (Phi) is 48.4. The summed E-state index contributed by atoms with van der Waals surface area (Å²) in [5, 5.41) is 30.1. The van der Waals surface area contributed by atoms with Gasteiger partial charge in [0.05, 0.1) is 26.4 Å². The molecule has 72 heavy (non-hydrogen) atoms. The van der Waals surface area contributed by atoms with Crippen LogP contribution >= 0.6 is 15.6 Å². The van der Waals surface area contributed by atoms with E-state index in [1.807, 2.05) is 0 Å². The maximum absolute atomic E-state index is 12.2. The predicted octanol–water partition coefficient (Wildman–Crippen LogP) is 13.3. The van der Waals surface area contributed by atoms with Gasteiger partial charge >= 0.3 is 27.6 Å². The van der Waals surface area contributed by atoms with Crippen molar-refractivity contribution in [2.45, 2.75) is 212 Å². The van der Waals surface area contributed by atoms with Gasteiger partial charge in [0, 0.05) is 12.8 Å². The summed E-state index contributed by atoms with van der Waals surface area (Å²) in [6.45, 7) is 0.256. The van der Waals surface area contributed by atoms with Gasteiger partial charge in [-0.25, -0.2) is 9.13 Å². The zero-order valence-corrected chi connectivity index (χ0v) is 45.9. The summed E-state index contributed by atoms with van der Waals surface area (Å²) in [6.07, 6.45) is 54.2. The van der Waals surface area contributed by atoms with Crippen LogP contribution in [0.15, 0.2) is 85.1 Å². The maximum atomic E-state index is 12.2. The molecule has 0 spiro atoms. The molecule has 0 saturated carbocycles. The first-order valence-corrected chi connectivity index (χ1v) is 29.9. The Bertz CT molecular complexity index is 1610. The normalized spacial score (nSPS) is 15.5. The van der Waals surface area contributed by atoms with Gasteiger partial charge in [0.15, 0.2) is 0 Å². The van der Waals surface area contributed by atoms with Crippen LogP contribution < -0.4 is 0 Å². The molecule has 0 aliphatic rings. The molecule has 0 radical (unpaired) electrons.